The summed E-state index contributed by atoms with van der Waals surface area (Å²) in [4.78, 5) is 0. The summed E-state index contributed by atoms with van der Waals surface area (Å²) in [6, 6.07) is 2.89. The van der Waals surface area contributed by atoms with Crippen LogP contribution in [0.15, 0.2) is 12.1 Å². The Hall–Kier alpha value is -1.20. The summed E-state index contributed by atoms with van der Waals surface area (Å²) in [5, 5.41) is 0. The molecule has 0 aliphatic heterocycles. The van der Waals surface area contributed by atoms with Crippen LogP contribution in [0, 0.1) is 24.6 Å². The molecule has 0 aliphatic rings. The molecule has 0 heterocycles. The molecule has 68 valence electrons. The maximum atomic E-state index is 13.2. The summed E-state index contributed by atoms with van der Waals surface area (Å²) in [7, 11) is 0. The molecule has 2 N–H and O–H groups in total. The third-order valence-corrected chi connectivity index (χ3v) is 1.78. The highest BCUT2D eigenvalue weighted by atomic mass is 35.5. The number of nitrogens with two attached hydrogens (primary N) is 1. The zero-order chi connectivity index (χ0) is 9.84. The quantitative estimate of drug-likeness (QED) is 0.386. The summed E-state index contributed by atoms with van der Waals surface area (Å²) in [6.07, 6.45) is 0. The van der Waals surface area contributed by atoms with Crippen molar-refractivity contribution in [3.63, 3.8) is 0 Å². The summed E-state index contributed by atoms with van der Waals surface area (Å²) >= 11 is 5.35. The molecule has 0 saturated heterocycles. The molecular weight excluding hydrogens is 189 g/mol. The van der Waals surface area contributed by atoms with Gasteiger partial charge in [0.05, 0.1) is 11.4 Å². The molecular formula is C10H9ClFN. The van der Waals surface area contributed by atoms with Gasteiger partial charge < -0.3 is 5.73 Å². The van der Waals surface area contributed by atoms with Crippen LogP contribution in [0.25, 0.3) is 0 Å². The van der Waals surface area contributed by atoms with Crippen LogP contribution in [0.5, 0.6) is 0 Å². The third kappa shape index (κ3) is 2.37. The molecule has 0 radical (unpaired) electrons. The number of alkyl halides is 1. The smallest absolute Gasteiger partial charge is 0.139 e. The topological polar surface area (TPSA) is 26.0 Å². The fourth-order valence-corrected chi connectivity index (χ4v) is 0.981. The van der Waals surface area contributed by atoms with Crippen molar-refractivity contribution in [2.75, 3.05) is 11.6 Å². The second-order valence-electron chi connectivity index (χ2n) is 2.62. The monoisotopic (exact) mass is 197 g/mol. The van der Waals surface area contributed by atoms with E-state index in [-0.39, 0.29) is 11.7 Å². The molecule has 3 heteroatoms. The Balaban J connectivity index is 3.16. The number of halogens is 2. The maximum Gasteiger partial charge on any atom is 0.139 e. The first-order valence-electron chi connectivity index (χ1n) is 3.75. The highest BCUT2D eigenvalue weighted by Crippen LogP contribution is 2.16. The molecule has 0 bridgehead atoms. The van der Waals surface area contributed by atoms with Gasteiger partial charge in [-0.15, -0.1) is 11.6 Å². The van der Waals surface area contributed by atoms with Crippen LogP contribution in [0.1, 0.15) is 11.1 Å². The minimum Gasteiger partial charge on any atom is -0.398 e. The van der Waals surface area contributed by atoms with Gasteiger partial charge in [0.25, 0.3) is 0 Å². The van der Waals surface area contributed by atoms with E-state index in [0.717, 1.165) is 0 Å². The molecule has 0 spiro atoms. The molecule has 0 aliphatic carbocycles. The van der Waals surface area contributed by atoms with E-state index in [2.05, 4.69) is 11.8 Å². The minimum absolute atomic E-state index is 0.188. The first-order chi connectivity index (χ1) is 6.15. The Kier molecular flexibility index (Phi) is 3.16. The van der Waals surface area contributed by atoms with E-state index >= 15 is 0 Å². The van der Waals surface area contributed by atoms with Gasteiger partial charge in [-0.25, -0.2) is 4.39 Å². The molecule has 0 saturated carbocycles. The molecule has 1 aromatic carbocycles. The lowest BCUT2D eigenvalue weighted by Gasteiger charge is -2.01. The largest absolute Gasteiger partial charge is 0.398 e. The van der Waals surface area contributed by atoms with Crippen LogP contribution >= 0.6 is 11.6 Å². The fourth-order valence-electron chi connectivity index (χ4n) is 0.914. The van der Waals surface area contributed by atoms with Gasteiger partial charge in [0.15, 0.2) is 0 Å². The van der Waals surface area contributed by atoms with E-state index in [0.29, 0.717) is 16.8 Å². The summed E-state index contributed by atoms with van der Waals surface area (Å²) in [5.74, 6) is 5.00. The van der Waals surface area contributed by atoms with Crippen LogP contribution in [0.3, 0.4) is 0 Å². The first kappa shape index (κ1) is 9.88. The van der Waals surface area contributed by atoms with Gasteiger partial charge in [0.2, 0.25) is 0 Å². The van der Waals surface area contributed by atoms with Crippen molar-refractivity contribution in [3.8, 4) is 11.8 Å². The lowest BCUT2D eigenvalue weighted by molar-refractivity contribution is 0.623. The van der Waals surface area contributed by atoms with Crippen molar-refractivity contribution in [2.24, 2.45) is 0 Å². The van der Waals surface area contributed by atoms with Gasteiger partial charge >= 0.3 is 0 Å². The van der Waals surface area contributed by atoms with Gasteiger partial charge in [-0.3, -0.25) is 0 Å². The van der Waals surface area contributed by atoms with Gasteiger partial charge in [-0.2, -0.15) is 0 Å². The molecule has 0 unspecified atom stereocenters. The molecule has 1 rings (SSSR count). The van der Waals surface area contributed by atoms with E-state index in [1.54, 1.807) is 6.92 Å². The second-order valence-corrected chi connectivity index (χ2v) is 2.89. The molecule has 1 aromatic rings. The van der Waals surface area contributed by atoms with Gasteiger partial charge in [0, 0.05) is 5.69 Å². The minimum atomic E-state index is -0.357. The molecule has 13 heavy (non-hydrogen) atoms. The Labute approximate surface area is 81.7 Å². The van der Waals surface area contributed by atoms with Gasteiger partial charge in [-0.05, 0) is 24.6 Å². The Morgan fingerprint density at radius 1 is 1.54 bits per heavy atom. The highest BCUT2D eigenvalue weighted by Gasteiger charge is 2.02. The van der Waals surface area contributed by atoms with Crippen molar-refractivity contribution in [1.82, 2.24) is 0 Å². The Morgan fingerprint density at radius 2 is 2.23 bits per heavy atom. The fraction of sp³-hybridized carbons (Fsp3) is 0.200. The zero-order valence-electron chi connectivity index (χ0n) is 7.20. The summed E-state index contributed by atoms with van der Waals surface area (Å²) < 4.78 is 13.2. The summed E-state index contributed by atoms with van der Waals surface area (Å²) in [6.45, 7) is 1.75. The van der Waals surface area contributed by atoms with E-state index in [1.807, 2.05) is 0 Å². The SMILES string of the molecule is Cc1cc(F)c(C#CCCl)cc1N. The van der Waals surface area contributed by atoms with Crippen LogP contribution in [0.4, 0.5) is 10.1 Å². The second kappa shape index (κ2) is 4.15. The van der Waals surface area contributed by atoms with Crippen molar-refractivity contribution in [3.05, 3.63) is 29.1 Å². The maximum absolute atomic E-state index is 13.2. The van der Waals surface area contributed by atoms with Crippen molar-refractivity contribution >= 4 is 17.3 Å². The predicted molar refractivity (Wildman–Crippen MR) is 53.1 cm³/mol. The normalized spacial score (nSPS) is 9.15. The number of aryl methyl sites for hydroxylation is 1. The van der Waals surface area contributed by atoms with E-state index in [4.69, 9.17) is 17.3 Å². The molecule has 0 atom stereocenters. The number of hydrogen-bond donors (Lipinski definition) is 1. The van der Waals surface area contributed by atoms with Crippen molar-refractivity contribution in [2.45, 2.75) is 6.92 Å². The van der Waals surface area contributed by atoms with E-state index < -0.39 is 0 Å². The molecule has 0 amide bonds. The first-order valence-corrected chi connectivity index (χ1v) is 4.29. The number of rotatable bonds is 0. The van der Waals surface area contributed by atoms with Crippen LogP contribution in [-0.4, -0.2) is 5.88 Å². The van der Waals surface area contributed by atoms with Gasteiger partial charge in [-0.1, -0.05) is 11.8 Å². The highest BCUT2D eigenvalue weighted by molar-refractivity contribution is 6.19. The summed E-state index contributed by atoms with van der Waals surface area (Å²) in [5.41, 5.74) is 7.15. The van der Waals surface area contributed by atoms with Crippen LogP contribution in [0.2, 0.25) is 0 Å². The van der Waals surface area contributed by atoms with Gasteiger partial charge in [0.1, 0.15) is 5.82 Å². The van der Waals surface area contributed by atoms with Crippen LogP contribution < -0.4 is 5.73 Å². The third-order valence-electron chi connectivity index (χ3n) is 1.65. The molecule has 1 nitrogen and oxygen atoms in total. The standard InChI is InChI=1S/C10H9ClFN/c1-7-5-9(12)8(3-2-4-11)6-10(7)13/h5-6H,4,13H2,1H3. The number of benzene rings is 1. The zero-order valence-corrected chi connectivity index (χ0v) is 7.95. The number of anilines is 1. The lowest BCUT2D eigenvalue weighted by Crippen LogP contribution is -1.93. The van der Waals surface area contributed by atoms with Crippen molar-refractivity contribution < 1.29 is 4.39 Å². The average molecular weight is 198 g/mol. The van der Waals surface area contributed by atoms with Crippen molar-refractivity contribution in [1.29, 1.82) is 0 Å². The predicted octanol–water partition coefficient (Wildman–Crippen LogP) is 2.31. The molecule has 0 aromatic heterocycles. The number of hydrogen-bond acceptors (Lipinski definition) is 1. The number of nitrogen functional groups attached to an aromatic ring is 1. The Bertz CT molecular complexity index is 376. The Morgan fingerprint density at radius 3 is 2.85 bits per heavy atom. The van der Waals surface area contributed by atoms with E-state index in [9.17, 15) is 4.39 Å². The van der Waals surface area contributed by atoms with E-state index in [1.165, 1.54) is 12.1 Å². The lowest BCUT2D eigenvalue weighted by atomic mass is 10.1. The average Bonchev–Trinajstić information content (AvgIpc) is 2.09. The molecule has 0 fully saturated rings. The van der Waals surface area contributed by atoms with Crippen LogP contribution in [-0.2, 0) is 0 Å².